The van der Waals surface area contributed by atoms with Gasteiger partial charge in [-0.05, 0) is 19.1 Å². The lowest BCUT2D eigenvalue weighted by molar-refractivity contribution is -0.385. The SMILES string of the molecule is CC(CS(C)(=O)=O)NC(=O)c1cc(NN)ccc1[N+](=O)[O-]. The first-order chi connectivity index (χ1) is 9.64. The number of nitrogens with one attached hydrogen (secondary N) is 2. The highest BCUT2D eigenvalue weighted by Gasteiger charge is 2.22. The van der Waals surface area contributed by atoms with Crippen LogP contribution in [0, 0.1) is 10.1 Å². The van der Waals surface area contributed by atoms with Gasteiger partial charge in [0.25, 0.3) is 11.6 Å². The molecular formula is C11H16N4O5S. The van der Waals surface area contributed by atoms with Gasteiger partial charge in [-0.1, -0.05) is 0 Å². The summed E-state index contributed by atoms with van der Waals surface area (Å²) in [5.41, 5.74) is 2.01. The second-order valence-corrected chi connectivity index (χ2v) is 6.79. The van der Waals surface area contributed by atoms with E-state index >= 15 is 0 Å². The van der Waals surface area contributed by atoms with Gasteiger partial charge in [0.2, 0.25) is 0 Å². The molecule has 1 aromatic carbocycles. The van der Waals surface area contributed by atoms with E-state index < -0.39 is 32.4 Å². The van der Waals surface area contributed by atoms with Gasteiger partial charge in [-0.15, -0.1) is 0 Å². The average Bonchev–Trinajstić information content (AvgIpc) is 2.35. The molecule has 0 saturated heterocycles. The lowest BCUT2D eigenvalue weighted by atomic mass is 10.1. The van der Waals surface area contributed by atoms with Crippen LogP contribution in [-0.2, 0) is 9.84 Å². The number of nitro groups is 1. The lowest BCUT2D eigenvalue weighted by Gasteiger charge is -2.13. The van der Waals surface area contributed by atoms with Crippen molar-refractivity contribution in [3.63, 3.8) is 0 Å². The molecule has 0 bridgehead atoms. The fourth-order valence-corrected chi connectivity index (χ4v) is 2.76. The van der Waals surface area contributed by atoms with E-state index in [0.717, 1.165) is 12.3 Å². The van der Waals surface area contributed by atoms with Crippen molar-refractivity contribution in [1.29, 1.82) is 0 Å². The van der Waals surface area contributed by atoms with E-state index in [0.29, 0.717) is 5.69 Å². The normalized spacial score (nSPS) is 12.5. The summed E-state index contributed by atoms with van der Waals surface area (Å²) in [4.78, 5) is 22.3. The minimum absolute atomic E-state index is 0.198. The van der Waals surface area contributed by atoms with Crippen LogP contribution < -0.4 is 16.6 Å². The number of amides is 1. The van der Waals surface area contributed by atoms with Crippen LogP contribution in [0.3, 0.4) is 0 Å². The standard InChI is InChI=1S/C11H16N4O5S/c1-7(6-21(2,19)20)13-11(16)9-5-8(14-12)3-4-10(9)15(17)18/h3-5,7,14H,6,12H2,1-2H3,(H,13,16). The van der Waals surface area contributed by atoms with Gasteiger partial charge in [-0.3, -0.25) is 20.8 Å². The largest absolute Gasteiger partial charge is 0.348 e. The van der Waals surface area contributed by atoms with Crippen molar-refractivity contribution in [3.8, 4) is 0 Å². The number of carbonyl (C=O) groups excluding carboxylic acids is 1. The molecule has 1 aromatic rings. The molecule has 0 saturated carbocycles. The van der Waals surface area contributed by atoms with Crippen LogP contribution in [0.15, 0.2) is 18.2 Å². The van der Waals surface area contributed by atoms with Crippen LogP contribution in [0.5, 0.6) is 0 Å². The van der Waals surface area contributed by atoms with Crippen LogP contribution in [-0.4, -0.2) is 37.3 Å². The van der Waals surface area contributed by atoms with Gasteiger partial charge in [0.15, 0.2) is 0 Å². The van der Waals surface area contributed by atoms with Crippen molar-refractivity contribution >= 4 is 27.1 Å². The quantitative estimate of drug-likeness (QED) is 0.382. The molecule has 10 heteroatoms. The summed E-state index contributed by atoms with van der Waals surface area (Å²) in [5.74, 6) is 4.20. The zero-order valence-corrected chi connectivity index (χ0v) is 12.3. The number of nitrogens with zero attached hydrogens (tertiary/aromatic N) is 1. The van der Waals surface area contributed by atoms with Crippen molar-refractivity contribution in [2.75, 3.05) is 17.4 Å². The Morgan fingerprint density at radius 1 is 1.48 bits per heavy atom. The molecule has 0 aromatic heterocycles. The highest BCUT2D eigenvalue weighted by atomic mass is 32.2. The van der Waals surface area contributed by atoms with Crippen molar-refractivity contribution in [2.24, 2.45) is 5.84 Å². The summed E-state index contributed by atoms with van der Waals surface area (Å²) in [7, 11) is -3.27. The van der Waals surface area contributed by atoms with Crippen LogP contribution in [0.2, 0.25) is 0 Å². The summed E-state index contributed by atoms with van der Waals surface area (Å²) in [6, 6.07) is 3.04. The predicted octanol–water partition coefficient (Wildman–Crippen LogP) is 0.0433. The Balaban J connectivity index is 3.03. The number of hydrogen-bond acceptors (Lipinski definition) is 7. The summed E-state index contributed by atoms with van der Waals surface area (Å²) >= 11 is 0. The third-order valence-corrected chi connectivity index (χ3v) is 3.64. The molecule has 0 spiro atoms. The Kier molecular flexibility index (Phi) is 5.22. The second kappa shape index (κ2) is 6.50. The summed E-state index contributed by atoms with van der Waals surface area (Å²) < 4.78 is 22.3. The summed E-state index contributed by atoms with van der Waals surface area (Å²) in [6.45, 7) is 1.50. The Bertz CT molecular complexity index is 659. The van der Waals surface area contributed by atoms with Crippen LogP contribution in [0.4, 0.5) is 11.4 Å². The molecule has 1 amide bonds. The van der Waals surface area contributed by atoms with Gasteiger partial charge in [0.05, 0.1) is 10.7 Å². The molecule has 1 rings (SSSR count). The van der Waals surface area contributed by atoms with Gasteiger partial charge >= 0.3 is 0 Å². The Hall–Kier alpha value is -2.20. The maximum atomic E-state index is 12.1. The molecular weight excluding hydrogens is 300 g/mol. The number of hydrogen-bond donors (Lipinski definition) is 3. The molecule has 116 valence electrons. The highest BCUT2D eigenvalue weighted by Crippen LogP contribution is 2.22. The minimum Gasteiger partial charge on any atom is -0.348 e. The number of nitro benzene ring substituents is 1. The van der Waals surface area contributed by atoms with E-state index in [9.17, 15) is 23.3 Å². The molecule has 0 radical (unpaired) electrons. The number of anilines is 1. The Labute approximate surface area is 121 Å². The topological polar surface area (TPSA) is 144 Å². The third kappa shape index (κ3) is 5.00. The van der Waals surface area contributed by atoms with Crippen molar-refractivity contribution < 1.29 is 18.1 Å². The highest BCUT2D eigenvalue weighted by molar-refractivity contribution is 7.90. The van der Waals surface area contributed by atoms with Crippen molar-refractivity contribution in [3.05, 3.63) is 33.9 Å². The van der Waals surface area contributed by atoms with Gasteiger partial charge < -0.3 is 10.7 Å². The smallest absolute Gasteiger partial charge is 0.282 e. The average molecular weight is 316 g/mol. The first-order valence-electron chi connectivity index (χ1n) is 5.87. The molecule has 0 aliphatic rings. The predicted molar refractivity (Wildman–Crippen MR) is 77.5 cm³/mol. The fourth-order valence-electron chi connectivity index (χ4n) is 1.76. The van der Waals surface area contributed by atoms with E-state index in [1.54, 1.807) is 0 Å². The molecule has 4 N–H and O–H groups in total. The first-order valence-corrected chi connectivity index (χ1v) is 7.93. The fraction of sp³-hybridized carbons (Fsp3) is 0.364. The third-order valence-electron chi connectivity index (χ3n) is 2.53. The van der Waals surface area contributed by atoms with Crippen LogP contribution in [0.1, 0.15) is 17.3 Å². The molecule has 0 fully saturated rings. The number of rotatable bonds is 6. The van der Waals surface area contributed by atoms with E-state index in [-0.39, 0.29) is 11.3 Å². The number of hydrazine groups is 1. The number of nitrogen functional groups attached to an aromatic ring is 1. The zero-order valence-electron chi connectivity index (χ0n) is 11.5. The van der Waals surface area contributed by atoms with Crippen LogP contribution in [0.25, 0.3) is 0 Å². The van der Waals surface area contributed by atoms with E-state index in [1.807, 2.05) is 0 Å². The Morgan fingerprint density at radius 3 is 2.57 bits per heavy atom. The second-order valence-electron chi connectivity index (χ2n) is 4.60. The number of sulfone groups is 1. The first kappa shape index (κ1) is 16.9. The molecule has 0 heterocycles. The molecule has 0 aliphatic heterocycles. The van der Waals surface area contributed by atoms with E-state index in [4.69, 9.17) is 5.84 Å². The van der Waals surface area contributed by atoms with E-state index in [2.05, 4.69) is 10.7 Å². The maximum absolute atomic E-state index is 12.1. The number of nitrogens with two attached hydrogens (primary N) is 1. The van der Waals surface area contributed by atoms with Gasteiger partial charge in [-0.2, -0.15) is 0 Å². The summed E-state index contributed by atoms with van der Waals surface area (Å²) in [6.07, 6.45) is 1.04. The Morgan fingerprint density at radius 2 is 2.10 bits per heavy atom. The number of carbonyl (C=O) groups is 1. The minimum atomic E-state index is -3.27. The van der Waals surface area contributed by atoms with Crippen molar-refractivity contribution in [1.82, 2.24) is 5.32 Å². The maximum Gasteiger partial charge on any atom is 0.282 e. The number of benzene rings is 1. The monoisotopic (exact) mass is 316 g/mol. The van der Waals surface area contributed by atoms with Gasteiger partial charge in [-0.25, -0.2) is 8.42 Å². The van der Waals surface area contributed by atoms with Gasteiger partial charge in [0.1, 0.15) is 15.4 Å². The van der Waals surface area contributed by atoms with Gasteiger partial charge in [0, 0.05) is 24.1 Å². The molecule has 1 unspecified atom stereocenters. The zero-order chi connectivity index (χ0) is 16.2. The lowest BCUT2D eigenvalue weighted by Crippen LogP contribution is -2.37. The van der Waals surface area contributed by atoms with Crippen molar-refractivity contribution in [2.45, 2.75) is 13.0 Å². The van der Waals surface area contributed by atoms with Crippen LogP contribution >= 0.6 is 0 Å². The molecule has 21 heavy (non-hydrogen) atoms. The molecule has 0 aliphatic carbocycles. The molecule has 9 nitrogen and oxygen atoms in total. The summed E-state index contributed by atoms with van der Waals surface area (Å²) in [5, 5.41) is 13.3. The van der Waals surface area contributed by atoms with E-state index in [1.165, 1.54) is 19.1 Å². The molecule has 1 atom stereocenters.